The summed E-state index contributed by atoms with van der Waals surface area (Å²) >= 11 is 0. The molecule has 5 nitrogen and oxygen atoms in total. The molecule has 1 heterocycles. The van der Waals surface area contributed by atoms with Crippen LogP contribution in [-0.2, 0) is 4.79 Å². The molecule has 2 unspecified atom stereocenters. The third-order valence-corrected chi connectivity index (χ3v) is 2.92. The van der Waals surface area contributed by atoms with Crippen LogP contribution >= 0.6 is 0 Å². The molecule has 1 aromatic heterocycles. The predicted octanol–water partition coefficient (Wildman–Crippen LogP) is 0.182. The molecule has 0 aliphatic rings. The van der Waals surface area contributed by atoms with Crippen LogP contribution in [-0.4, -0.2) is 21.7 Å². The van der Waals surface area contributed by atoms with Crippen molar-refractivity contribution < 1.29 is 4.79 Å². The van der Waals surface area contributed by atoms with Crippen LogP contribution in [0.1, 0.15) is 29.9 Å². The van der Waals surface area contributed by atoms with Crippen LogP contribution in [0.2, 0.25) is 0 Å². The topological polar surface area (TPSA) is 86.9 Å². The number of hydrogen-bond donors (Lipinski definition) is 2. The second-order valence-electron chi connectivity index (χ2n) is 3.91. The van der Waals surface area contributed by atoms with Gasteiger partial charge in [0.1, 0.15) is 6.04 Å². The van der Waals surface area contributed by atoms with Crippen molar-refractivity contribution in [3.8, 4) is 0 Å². The molecular weight excluding hydrogens is 192 g/mol. The number of aryl methyl sites for hydroxylation is 1. The third kappa shape index (κ3) is 2.02. The summed E-state index contributed by atoms with van der Waals surface area (Å²) in [6.45, 7) is 7.73. The zero-order valence-electron chi connectivity index (χ0n) is 9.61. The minimum absolute atomic E-state index is 0.213. The summed E-state index contributed by atoms with van der Waals surface area (Å²) in [5.41, 5.74) is 14.0. The van der Waals surface area contributed by atoms with Crippen LogP contribution in [0.15, 0.2) is 0 Å². The predicted molar refractivity (Wildman–Crippen MR) is 58.3 cm³/mol. The minimum Gasteiger partial charge on any atom is -0.368 e. The number of rotatable bonds is 3. The maximum atomic E-state index is 11.0. The van der Waals surface area contributed by atoms with E-state index in [2.05, 4.69) is 5.10 Å². The van der Waals surface area contributed by atoms with E-state index in [4.69, 9.17) is 11.5 Å². The lowest BCUT2D eigenvalue weighted by Crippen LogP contribution is -2.43. The summed E-state index contributed by atoms with van der Waals surface area (Å²) in [6, 6.07) is -0.919. The first kappa shape index (κ1) is 11.7. The van der Waals surface area contributed by atoms with Crippen molar-refractivity contribution in [1.82, 2.24) is 9.78 Å². The molecular formula is C10H18N4O. The molecule has 5 heteroatoms. The number of aromatic nitrogens is 2. The smallest absolute Gasteiger partial charge is 0.236 e. The van der Waals surface area contributed by atoms with Crippen molar-refractivity contribution in [2.24, 2.45) is 11.5 Å². The lowest BCUT2D eigenvalue weighted by molar-refractivity contribution is -0.120. The van der Waals surface area contributed by atoms with Gasteiger partial charge in [-0.1, -0.05) is 0 Å². The fourth-order valence-corrected chi connectivity index (χ4v) is 1.53. The largest absolute Gasteiger partial charge is 0.368 e. The van der Waals surface area contributed by atoms with Crippen molar-refractivity contribution in [1.29, 1.82) is 0 Å². The summed E-state index contributed by atoms with van der Waals surface area (Å²) in [5, 5.41) is 4.34. The first-order valence-corrected chi connectivity index (χ1v) is 4.93. The Morgan fingerprint density at radius 2 is 1.93 bits per heavy atom. The van der Waals surface area contributed by atoms with Gasteiger partial charge in [0.05, 0.1) is 11.7 Å². The standard InChI is InChI=1S/C10H18N4O/c1-5-6(2)13-14(7(5)3)8(4)9(11)10(12)15/h8-9H,11H2,1-4H3,(H2,12,15). The molecule has 15 heavy (non-hydrogen) atoms. The Kier molecular flexibility index (Phi) is 3.14. The average Bonchev–Trinajstić information content (AvgIpc) is 2.43. The van der Waals surface area contributed by atoms with Gasteiger partial charge in [-0.15, -0.1) is 0 Å². The van der Waals surface area contributed by atoms with Gasteiger partial charge in [0.25, 0.3) is 0 Å². The Morgan fingerprint density at radius 1 is 1.40 bits per heavy atom. The van der Waals surface area contributed by atoms with Crippen molar-refractivity contribution in [3.63, 3.8) is 0 Å². The maximum Gasteiger partial charge on any atom is 0.236 e. The Morgan fingerprint density at radius 3 is 2.27 bits per heavy atom. The van der Waals surface area contributed by atoms with Crippen LogP contribution in [0.3, 0.4) is 0 Å². The SMILES string of the molecule is Cc1nn(C(C)C(N)C(N)=O)c(C)c1C. The van der Waals surface area contributed by atoms with Crippen molar-refractivity contribution in [2.75, 3.05) is 0 Å². The van der Waals surface area contributed by atoms with Gasteiger partial charge in [0, 0.05) is 5.69 Å². The second kappa shape index (κ2) is 4.02. The molecule has 0 aliphatic carbocycles. The fourth-order valence-electron chi connectivity index (χ4n) is 1.53. The van der Waals surface area contributed by atoms with Gasteiger partial charge in [-0.05, 0) is 33.3 Å². The molecule has 1 aromatic rings. The molecule has 0 bridgehead atoms. The summed E-state index contributed by atoms with van der Waals surface area (Å²) < 4.78 is 1.76. The maximum absolute atomic E-state index is 11.0. The molecule has 84 valence electrons. The Balaban J connectivity index is 3.06. The van der Waals surface area contributed by atoms with Gasteiger partial charge < -0.3 is 11.5 Å². The highest BCUT2D eigenvalue weighted by molar-refractivity contribution is 5.80. The van der Waals surface area contributed by atoms with Crippen LogP contribution in [0.5, 0.6) is 0 Å². The number of amides is 1. The zero-order valence-corrected chi connectivity index (χ0v) is 9.61. The summed E-state index contributed by atoms with van der Waals surface area (Å²) in [7, 11) is 0. The molecule has 0 saturated heterocycles. The number of carbonyl (C=O) groups is 1. The van der Waals surface area contributed by atoms with E-state index in [0.717, 1.165) is 17.0 Å². The van der Waals surface area contributed by atoms with Crippen LogP contribution in [0.4, 0.5) is 0 Å². The van der Waals surface area contributed by atoms with Crippen LogP contribution in [0.25, 0.3) is 0 Å². The number of hydrogen-bond acceptors (Lipinski definition) is 3. The molecule has 1 amide bonds. The van der Waals surface area contributed by atoms with Gasteiger partial charge in [-0.25, -0.2) is 0 Å². The fraction of sp³-hybridized carbons (Fsp3) is 0.600. The Labute approximate surface area is 89.4 Å². The lowest BCUT2D eigenvalue weighted by Gasteiger charge is -2.19. The van der Waals surface area contributed by atoms with E-state index in [-0.39, 0.29) is 6.04 Å². The molecule has 0 aromatic carbocycles. The van der Waals surface area contributed by atoms with Crippen LogP contribution in [0, 0.1) is 20.8 Å². The van der Waals surface area contributed by atoms with Gasteiger partial charge in [-0.2, -0.15) is 5.10 Å². The van der Waals surface area contributed by atoms with Crippen molar-refractivity contribution in [3.05, 3.63) is 17.0 Å². The highest BCUT2D eigenvalue weighted by Crippen LogP contribution is 2.17. The highest BCUT2D eigenvalue weighted by atomic mass is 16.1. The average molecular weight is 210 g/mol. The monoisotopic (exact) mass is 210 g/mol. The molecule has 0 aliphatic heterocycles. The van der Waals surface area contributed by atoms with E-state index in [9.17, 15) is 4.79 Å². The normalized spacial score (nSPS) is 15.0. The number of nitrogens with zero attached hydrogens (tertiary/aromatic N) is 2. The van der Waals surface area contributed by atoms with Crippen molar-refractivity contribution >= 4 is 5.91 Å². The Bertz CT molecular complexity index is 383. The number of primary amides is 1. The van der Waals surface area contributed by atoms with Gasteiger partial charge in [0.2, 0.25) is 5.91 Å². The quantitative estimate of drug-likeness (QED) is 0.746. The van der Waals surface area contributed by atoms with Gasteiger partial charge in [0.15, 0.2) is 0 Å². The molecule has 0 radical (unpaired) electrons. The van der Waals surface area contributed by atoms with E-state index < -0.39 is 11.9 Å². The molecule has 0 saturated carbocycles. The lowest BCUT2D eigenvalue weighted by atomic mass is 10.1. The Hall–Kier alpha value is -1.36. The molecule has 4 N–H and O–H groups in total. The van der Waals surface area contributed by atoms with E-state index >= 15 is 0 Å². The molecule has 2 atom stereocenters. The van der Waals surface area contributed by atoms with E-state index in [0.29, 0.717) is 0 Å². The van der Waals surface area contributed by atoms with E-state index in [1.54, 1.807) is 4.68 Å². The zero-order chi connectivity index (χ0) is 11.7. The van der Waals surface area contributed by atoms with E-state index in [1.165, 1.54) is 0 Å². The van der Waals surface area contributed by atoms with Crippen molar-refractivity contribution in [2.45, 2.75) is 39.8 Å². The summed E-state index contributed by atoms with van der Waals surface area (Å²) in [5.74, 6) is -0.507. The van der Waals surface area contributed by atoms with Crippen LogP contribution < -0.4 is 11.5 Å². The third-order valence-electron chi connectivity index (χ3n) is 2.92. The number of nitrogens with two attached hydrogens (primary N) is 2. The summed E-state index contributed by atoms with van der Waals surface area (Å²) in [6.07, 6.45) is 0. The molecule has 0 fully saturated rings. The molecule has 0 spiro atoms. The first-order valence-electron chi connectivity index (χ1n) is 4.93. The minimum atomic E-state index is -0.706. The highest BCUT2D eigenvalue weighted by Gasteiger charge is 2.22. The molecule has 1 rings (SSSR count). The van der Waals surface area contributed by atoms with Gasteiger partial charge in [-0.3, -0.25) is 9.48 Å². The number of carbonyl (C=O) groups excluding carboxylic acids is 1. The summed E-state index contributed by atoms with van der Waals surface area (Å²) in [4.78, 5) is 11.0. The van der Waals surface area contributed by atoms with E-state index in [1.807, 2.05) is 27.7 Å². The second-order valence-corrected chi connectivity index (χ2v) is 3.91. The van der Waals surface area contributed by atoms with Gasteiger partial charge >= 0.3 is 0 Å². The first-order chi connectivity index (χ1) is 6.86.